The molecule has 0 atom stereocenters. The Balaban J connectivity index is 3.27. The number of aliphatic carboxylic acids is 1. The molecule has 0 bridgehead atoms. The van der Waals surface area contributed by atoms with Gasteiger partial charge in [-0.15, -0.1) is 0 Å². The normalized spacial score (nSPS) is 10.2. The van der Waals surface area contributed by atoms with Crippen LogP contribution in [0.25, 0.3) is 0 Å². The SMILES string of the molecule is CC(C)COCCNC(=O)NCCC(=O)O. The van der Waals surface area contributed by atoms with Crippen LogP contribution in [-0.4, -0.2) is 43.4 Å². The highest BCUT2D eigenvalue weighted by molar-refractivity contribution is 5.74. The van der Waals surface area contributed by atoms with Gasteiger partial charge in [-0.05, 0) is 5.92 Å². The first-order chi connectivity index (χ1) is 7.52. The summed E-state index contributed by atoms with van der Waals surface area (Å²) in [7, 11) is 0. The molecule has 16 heavy (non-hydrogen) atoms. The van der Waals surface area contributed by atoms with Crippen molar-refractivity contribution in [3.63, 3.8) is 0 Å². The summed E-state index contributed by atoms with van der Waals surface area (Å²) in [5.41, 5.74) is 0. The molecule has 0 saturated carbocycles. The molecule has 0 heterocycles. The van der Waals surface area contributed by atoms with Gasteiger partial charge in [0.1, 0.15) is 0 Å². The first-order valence-electron chi connectivity index (χ1n) is 5.33. The van der Waals surface area contributed by atoms with Crippen LogP contribution in [0.1, 0.15) is 20.3 Å². The van der Waals surface area contributed by atoms with E-state index in [1.165, 1.54) is 0 Å². The molecule has 0 aromatic rings. The van der Waals surface area contributed by atoms with Gasteiger partial charge in [-0.25, -0.2) is 4.79 Å². The van der Waals surface area contributed by atoms with Gasteiger partial charge in [-0.2, -0.15) is 0 Å². The number of amides is 2. The summed E-state index contributed by atoms with van der Waals surface area (Å²) in [4.78, 5) is 21.2. The van der Waals surface area contributed by atoms with E-state index < -0.39 is 5.97 Å². The zero-order chi connectivity index (χ0) is 12.4. The molecule has 6 nitrogen and oxygen atoms in total. The molecule has 94 valence electrons. The quantitative estimate of drug-likeness (QED) is 0.530. The first kappa shape index (κ1) is 14.7. The molecule has 0 saturated heterocycles. The molecule has 0 aromatic carbocycles. The molecule has 0 spiro atoms. The van der Waals surface area contributed by atoms with Gasteiger partial charge in [0, 0.05) is 19.7 Å². The molecule has 0 unspecified atom stereocenters. The van der Waals surface area contributed by atoms with E-state index in [0.717, 1.165) is 0 Å². The Labute approximate surface area is 95.4 Å². The third-order valence-corrected chi connectivity index (χ3v) is 1.61. The monoisotopic (exact) mass is 232 g/mol. The fraction of sp³-hybridized carbons (Fsp3) is 0.800. The number of rotatable bonds is 8. The zero-order valence-electron chi connectivity index (χ0n) is 9.78. The fourth-order valence-electron chi connectivity index (χ4n) is 0.901. The summed E-state index contributed by atoms with van der Waals surface area (Å²) >= 11 is 0. The van der Waals surface area contributed by atoms with E-state index in [0.29, 0.717) is 25.7 Å². The highest BCUT2D eigenvalue weighted by Crippen LogP contribution is 1.90. The largest absolute Gasteiger partial charge is 0.481 e. The second-order valence-corrected chi connectivity index (χ2v) is 3.80. The molecule has 6 heteroatoms. The smallest absolute Gasteiger partial charge is 0.314 e. The van der Waals surface area contributed by atoms with Gasteiger partial charge < -0.3 is 20.5 Å². The topological polar surface area (TPSA) is 87.7 Å². The summed E-state index contributed by atoms with van der Waals surface area (Å²) in [5.74, 6) is -0.454. The zero-order valence-corrected chi connectivity index (χ0v) is 9.78. The van der Waals surface area contributed by atoms with Crippen molar-refractivity contribution in [3.05, 3.63) is 0 Å². The maximum Gasteiger partial charge on any atom is 0.314 e. The van der Waals surface area contributed by atoms with E-state index >= 15 is 0 Å². The lowest BCUT2D eigenvalue weighted by Crippen LogP contribution is -2.38. The van der Waals surface area contributed by atoms with E-state index in [9.17, 15) is 9.59 Å². The van der Waals surface area contributed by atoms with Crippen molar-refractivity contribution in [1.82, 2.24) is 10.6 Å². The number of carboxylic acids is 1. The lowest BCUT2D eigenvalue weighted by atomic mass is 10.2. The van der Waals surface area contributed by atoms with Gasteiger partial charge in [0.2, 0.25) is 0 Å². The molecule has 0 aromatic heterocycles. The van der Waals surface area contributed by atoms with Crippen molar-refractivity contribution in [3.8, 4) is 0 Å². The molecule has 0 aliphatic rings. The average Bonchev–Trinajstić information content (AvgIpc) is 2.16. The number of carbonyl (C=O) groups excluding carboxylic acids is 1. The van der Waals surface area contributed by atoms with Crippen LogP contribution in [0, 0.1) is 5.92 Å². The summed E-state index contributed by atoms with van der Waals surface area (Å²) < 4.78 is 5.25. The van der Waals surface area contributed by atoms with Crippen molar-refractivity contribution >= 4 is 12.0 Å². The maximum atomic E-state index is 11.1. The van der Waals surface area contributed by atoms with Crippen LogP contribution in [0.5, 0.6) is 0 Å². The molecule has 2 amide bonds. The Morgan fingerprint density at radius 1 is 1.25 bits per heavy atom. The molecule has 0 rings (SSSR count). The van der Waals surface area contributed by atoms with E-state index in [4.69, 9.17) is 9.84 Å². The van der Waals surface area contributed by atoms with Gasteiger partial charge in [-0.1, -0.05) is 13.8 Å². The maximum absolute atomic E-state index is 11.1. The molecule has 0 aliphatic carbocycles. The average molecular weight is 232 g/mol. The predicted octanol–water partition coefficient (Wildman–Crippen LogP) is 0.433. The minimum Gasteiger partial charge on any atom is -0.481 e. The van der Waals surface area contributed by atoms with Crippen LogP contribution in [0.4, 0.5) is 4.79 Å². The van der Waals surface area contributed by atoms with Crippen molar-refractivity contribution < 1.29 is 19.4 Å². The van der Waals surface area contributed by atoms with E-state index in [1.54, 1.807) is 0 Å². The van der Waals surface area contributed by atoms with Gasteiger partial charge in [0.05, 0.1) is 13.0 Å². The van der Waals surface area contributed by atoms with Crippen LogP contribution in [0.15, 0.2) is 0 Å². The number of ether oxygens (including phenoxy) is 1. The van der Waals surface area contributed by atoms with Gasteiger partial charge in [-0.3, -0.25) is 4.79 Å². The Hall–Kier alpha value is -1.30. The summed E-state index contributed by atoms with van der Waals surface area (Å²) in [6, 6.07) is -0.366. The van der Waals surface area contributed by atoms with E-state index in [-0.39, 0.29) is 19.0 Å². The molecule has 0 fully saturated rings. The molecule has 0 radical (unpaired) electrons. The molecule has 0 aliphatic heterocycles. The second-order valence-electron chi connectivity index (χ2n) is 3.80. The van der Waals surface area contributed by atoms with Crippen molar-refractivity contribution in [2.45, 2.75) is 20.3 Å². The first-order valence-corrected chi connectivity index (χ1v) is 5.33. The van der Waals surface area contributed by atoms with Crippen LogP contribution < -0.4 is 10.6 Å². The highest BCUT2D eigenvalue weighted by atomic mass is 16.5. The summed E-state index contributed by atoms with van der Waals surface area (Å²) in [6.07, 6.45) is -0.0722. The van der Waals surface area contributed by atoms with Crippen molar-refractivity contribution in [2.24, 2.45) is 5.92 Å². The van der Waals surface area contributed by atoms with Gasteiger partial charge in [0.15, 0.2) is 0 Å². The Bertz CT molecular complexity index is 219. The van der Waals surface area contributed by atoms with Gasteiger partial charge >= 0.3 is 12.0 Å². The third kappa shape index (κ3) is 10.8. The standard InChI is InChI=1S/C10H20N2O4/c1-8(2)7-16-6-5-12-10(15)11-4-3-9(13)14/h8H,3-7H2,1-2H3,(H,13,14)(H2,11,12,15). The highest BCUT2D eigenvalue weighted by Gasteiger charge is 2.01. The minimum absolute atomic E-state index is 0.0722. The number of carboxylic acid groups (broad SMARTS) is 1. The molecule has 3 N–H and O–H groups in total. The fourth-order valence-corrected chi connectivity index (χ4v) is 0.901. The number of hydrogen-bond donors (Lipinski definition) is 3. The van der Waals surface area contributed by atoms with E-state index in [2.05, 4.69) is 10.6 Å². The van der Waals surface area contributed by atoms with E-state index in [1.807, 2.05) is 13.8 Å². The Morgan fingerprint density at radius 3 is 2.44 bits per heavy atom. The Morgan fingerprint density at radius 2 is 1.88 bits per heavy atom. The van der Waals surface area contributed by atoms with Crippen LogP contribution in [0.3, 0.4) is 0 Å². The Kier molecular flexibility index (Phi) is 8.24. The van der Waals surface area contributed by atoms with Crippen LogP contribution in [-0.2, 0) is 9.53 Å². The predicted molar refractivity (Wildman–Crippen MR) is 59.3 cm³/mol. The van der Waals surface area contributed by atoms with Crippen LogP contribution in [0.2, 0.25) is 0 Å². The number of carbonyl (C=O) groups is 2. The molecular formula is C10H20N2O4. The van der Waals surface area contributed by atoms with Gasteiger partial charge in [0.25, 0.3) is 0 Å². The second kappa shape index (κ2) is 8.96. The lowest BCUT2D eigenvalue weighted by Gasteiger charge is -2.08. The van der Waals surface area contributed by atoms with Crippen molar-refractivity contribution in [2.75, 3.05) is 26.3 Å². The number of urea groups is 1. The third-order valence-electron chi connectivity index (χ3n) is 1.61. The summed E-state index contributed by atoms with van der Waals surface area (Å²) in [6.45, 7) is 5.78. The number of nitrogens with one attached hydrogen (secondary N) is 2. The van der Waals surface area contributed by atoms with Crippen LogP contribution >= 0.6 is 0 Å². The number of hydrogen-bond acceptors (Lipinski definition) is 3. The lowest BCUT2D eigenvalue weighted by molar-refractivity contribution is -0.136. The minimum atomic E-state index is -0.930. The molecular weight excluding hydrogens is 212 g/mol. The summed E-state index contributed by atoms with van der Waals surface area (Å²) in [5, 5.41) is 13.3. The van der Waals surface area contributed by atoms with Crippen molar-refractivity contribution in [1.29, 1.82) is 0 Å².